The van der Waals surface area contributed by atoms with Gasteiger partial charge in [-0.25, -0.2) is 4.79 Å². The molecule has 1 aliphatic heterocycles. The van der Waals surface area contributed by atoms with E-state index in [2.05, 4.69) is 15.5 Å². The highest BCUT2D eigenvalue weighted by molar-refractivity contribution is 6.42. The van der Waals surface area contributed by atoms with Crippen molar-refractivity contribution in [3.8, 4) is 0 Å². The second-order valence-corrected chi connectivity index (χ2v) is 7.70. The number of hydrogen-bond acceptors (Lipinski definition) is 2. The van der Waals surface area contributed by atoms with Crippen molar-refractivity contribution >= 4 is 34.9 Å². The van der Waals surface area contributed by atoms with Crippen LogP contribution in [-0.2, 0) is 0 Å². The van der Waals surface area contributed by atoms with Crippen LogP contribution >= 0.6 is 23.2 Å². The largest absolute Gasteiger partial charge is 0.338 e. The first-order valence-corrected chi connectivity index (χ1v) is 9.61. The number of carbonyl (C=O) groups excluding carboxylic acids is 1. The van der Waals surface area contributed by atoms with Gasteiger partial charge in [0.2, 0.25) is 0 Å². The van der Waals surface area contributed by atoms with Gasteiger partial charge in [-0.1, -0.05) is 36.0 Å². The van der Waals surface area contributed by atoms with Gasteiger partial charge in [-0.2, -0.15) is 0 Å². The fraction of sp³-hybridized carbons (Fsp3) is 0.611. The predicted molar refractivity (Wildman–Crippen MR) is 100 cm³/mol. The van der Waals surface area contributed by atoms with Gasteiger partial charge in [0, 0.05) is 18.3 Å². The molecule has 0 bridgehead atoms. The lowest BCUT2D eigenvalue weighted by Gasteiger charge is -2.36. The first-order chi connectivity index (χ1) is 11.6. The van der Waals surface area contributed by atoms with E-state index in [0.29, 0.717) is 21.7 Å². The number of piperidine rings is 1. The van der Waals surface area contributed by atoms with Crippen LogP contribution in [-0.4, -0.2) is 36.6 Å². The summed E-state index contributed by atoms with van der Waals surface area (Å²) in [5, 5.41) is 6.70. The minimum absolute atomic E-state index is 0.188. The Morgan fingerprint density at radius 3 is 2.46 bits per heavy atom. The fourth-order valence-corrected chi connectivity index (χ4v) is 4.08. The second-order valence-electron chi connectivity index (χ2n) is 6.88. The zero-order chi connectivity index (χ0) is 16.9. The van der Waals surface area contributed by atoms with Crippen molar-refractivity contribution in [2.45, 2.75) is 44.6 Å². The van der Waals surface area contributed by atoms with Crippen molar-refractivity contribution in [2.75, 3.05) is 25.0 Å². The maximum atomic E-state index is 12.0. The number of amides is 2. The zero-order valence-corrected chi connectivity index (χ0v) is 15.4. The third-order valence-corrected chi connectivity index (χ3v) is 5.96. The number of halogens is 2. The number of benzene rings is 1. The second kappa shape index (κ2) is 8.41. The highest BCUT2D eigenvalue weighted by Gasteiger charge is 2.27. The summed E-state index contributed by atoms with van der Waals surface area (Å²) in [6.45, 7) is 3.07. The fourth-order valence-electron chi connectivity index (χ4n) is 3.78. The van der Waals surface area contributed by atoms with E-state index in [9.17, 15) is 4.79 Å². The molecule has 2 fully saturated rings. The summed E-state index contributed by atoms with van der Waals surface area (Å²) in [5.74, 6) is 0.571. The molecule has 0 aromatic heterocycles. The number of hydrogen-bond donors (Lipinski definition) is 2. The summed E-state index contributed by atoms with van der Waals surface area (Å²) < 4.78 is 0. The van der Waals surface area contributed by atoms with Crippen LogP contribution in [0.1, 0.15) is 38.5 Å². The zero-order valence-electron chi connectivity index (χ0n) is 13.9. The number of anilines is 1. The average Bonchev–Trinajstić information content (AvgIpc) is 3.11. The number of urea groups is 1. The summed E-state index contributed by atoms with van der Waals surface area (Å²) in [6, 6.07) is 5.71. The molecular weight excluding hydrogens is 345 g/mol. The van der Waals surface area contributed by atoms with Gasteiger partial charge in [0.15, 0.2) is 0 Å². The van der Waals surface area contributed by atoms with Gasteiger partial charge in [0.25, 0.3) is 0 Å². The summed E-state index contributed by atoms with van der Waals surface area (Å²) in [6.07, 6.45) is 7.86. The number of nitrogens with one attached hydrogen (secondary N) is 2. The van der Waals surface area contributed by atoms with E-state index >= 15 is 0 Å². The quantitative estimate of drug-likeness (QED) is 0.802. The molecule has 132 valence electrons. The monoisotopic (exact) mass is 369 g/mol. The summed E-state index contributed by atoms with van der Waals surface area (Å²) in [7, 11) is 0. The third-order valence-electron chi connectivity index (χ3n) is 5.22. The van der Waals surface area contributed by atoms with Crippen LogP contribution in [0.3, 0.4) is 0 Å². The number of nitrogens with zero attached hydrogens (tertiary/aromatic N) is 1. The smallest absolute Gasteiger partial charge is 0.319 e. The molecule has 1 saturated heterocycles. The van der Waals surface area contributed by atoms with Crippen LogP contribution in [0.4, 0.5) is 10.5 Å². The standard InChI is InChI=1S/C18H25Cl2N3O/c19-16-6-5-14(11-17(16)20)22-18(24)21-12-13-7-9-23(10-8-13)15-3-1-2-4-15/h5-6,11,13,15H,1-4,7-10,12H2,(H2,21,22,24). The van der Waals surface area contributed by atoms with E-state index < -0.39 is 0 Å². The predicted octanol–water partition coefficient (Wildman–Crippen LogP) is 4.77. The van der Waals surface area contributed by atoms with E-state index in [0.717, 1.165) is 12.6 Å². The van der Waals surface area contributed by atoms with Crippen LogP contribution in [0, 0.1) is 5.92 Å². The average molecular weight is 370 g/mol. The molecule has 4 nitrogen and oxygen atoms in total. The van der Waals surface area contributed by atoms with Crippen molar-refractivity contribution in [2.24, 2.45) is 5.92 Å². The van der Waals surface area contributed by atoms with Crippen molar-refractivity contribution in [3.05, 3.63) is 28.2 Å². The van der Waals surface area contributed by atoms with Crippen molar-refractivity contribution in [1.29, 1.82) is 0 Å². The molecule has 3 rings (SSSR count). The van der Waals surface area contributed by atoms with Gasteiger partial charge < -0.3 is 15.5 Å². The minimum atomic E-state index is -0.188. The lowest BCUT2D eigenvalue weighted by atomic mass is 9.95. The molecule has 2 N–H and O–H groups in total. The minimum Gasteiger partial charge on any atom is -0.338 e. The Bertz CT molecular complexity index is 567. The topological polar surface area (TPSA) is 44.4 Å². The van der Waals surface area contributed by atoms with Crippen LogP contribution < -0.4 is 10.6 Å². The maximum Gasteiger partial charge on any atom is 0.319 e. The van der Waals surface area contributed by atoms with Gasteiger partial charge in [0.1, 0.15) is 0 Å². The Balaban J connectivity index is 1.38. The van der Waals surface area contributed by atoms with Crippen molar-refractivity contribution < 1.29 is 4.79 Å². The van der Waals surface area contributed by atoms with Crippen LogP contribution in [0.15, 0.2) is 18.2 Å². The molecule has 0 atom stereocenters. The van der Waals surface area contributed by atoms with Crippen LogP contribution in [0.2, 0.25) is 10.0 Å². The van der Waals surface area contributed by atoms with Crippen molar-refractivity contribution in [3.63, 3.8) is 0 Å². The van der Waals surface area contributed by atoms with E-state index in [-0.39, 0.29) is 6.03 Å². The molecule has 1 heterocycles. The molecule has 0 unspecified atom stereocenters. The lowest BCUT2D eigenvalue weighted by Crippen LogP contribution is -2.43. The third kappa shape index (κ3) is 4.78. The summed E-state index contributed by atoms with van der Waals surface area (Å²) in [5.41, 5.74) is 0.651. The number of rotatable bonds is 4. The Labute approximate surface area is 153 Å². The van der Waals surface area contributed by atoms with Gasteiger partial charge in [-0.15, -0.1) is 0 Å². The van der Waals surface area contributed by atoms with Gasteiger partial charge in [-0.05, 0) is 62.9 Å². The molecule has 0 spiro atoms. The molecule has 1 saturated carbocycles. The Morgan fingerprint density at radius 1 is 1.08 bits per heavy atom. The summed E-state index contributed by atoms with van der Waals surface area (Å²) >= 11 is 11.8. The van der Waals surface area contributed by atoms with Crippen LogP contribution in [0.5, 0.6) is 0 Å². The lowest BCUT2D eigenvalue weighted by molar-refractivity contribution is 0.134. The molecule has 2 amide bonds. The van der Waals surface area contributed by atoms with E-state index in [4.69, 9.17) is 23.2 Å². The number of carbonyl (C=O) groups is 1. The van der Waals surface area contributed by atoms with Gasteiger partial charge in [0.05, 0.1) is 10.0 Å². The van der Waals surface area contributed by atoms with Crippen LogP contribution in [0.25, 0.3) is 0 Å². The number of likely N-dealkylation sites (tertiary alicyclic amines) is 1. The molecule has 24 heavy (non-hydrogen) atoms. The molecule has 1 aromatic carbocycles. The highest BCUT2D eigenvalue weighted by atomic mass is 35.5. The van der Waals surface area contributed by atoms with E-state index in [1.165, 1.54) is 51.6 Å². The van der Waals surface area contributed by atoms with Crippen molar-refractivity contribution in [1.82, 2.24) is 10.2 Å². The Morgan fingerprint density at radius 2 is 1.79 bits per heavy atom. The molecule has 6 heteroatoms. The van der Waals surface area contributed by atoms with E-state index in [1.807, 2.05) is 0 Å². The maximum absolute atomic E-state index is 12.0. The first kappa shape index (κ1) is 17.8. The normalized spacial score (nSPS) is 20.2. The van der Waals surface area contributed by atoms with E-state index in [1.54, 1.807) is 18.2 Å². The van der Waals surface area contributed by atoms with Gasteiger partial charge >= 0.3 is 6.03 Å². The molecule has 0 radical (unpaired) electrons. The molecule has 1 aromatic rings. The Kier molecular flexibility index (Phi) is 6.25. The molecular formula is C18H25Cl2N3O. The molecule has 2 aliphatic rings. The van der Waals surface area contributed by atoms with Gasteiger partial charge in [-0.3, -0.25) is 0 Å². The summed E-state index contributed by atoms with van der Waals surface area (Å²) in [4.78, 5) is 14.7. The highest BCUT2D eigenvalue weighted by Crippen LogP contribution is 2.28. The Hall–Kier alpha value is -0.970. The first-order valence-electron chi connectivity index (χ1n) is 8.86. The SMILES string of the molecule is O=C(NCC1CCN(C2CCCC2)CC1)Nc1ccc(Cl)c(Cl)c1. The molecule has 1 aliphatic carbocycles.